The lowest BCUT2D eigenvalue weighted by Crippen LogP contribution is -2.41. The maximum atomic E-state index is 4.06. The molecule has 0 aromatic heterocycles. The third kappa shape index (κ3) is 2.66. The average molecular weight is 153 g/mol. The number of hydrogen-bond acceptors (Lipinski definition) is 1. The van der Waals surface area contributed by atoms with Gasteiger partial charge in [-0.25, -0.2) is 0 Å². The molecule has 0 spiro atoms. The van der Waals surface area contributed by atoms with Crippen LogP contribution in [-0.4, -0.2) is 12.1 Å². The number of piperidine rings is 1. The normalized spacial score (nSPS) is 32.4. The zero-order valence-corrected chi connectivity index (χ0v) is 7.69. The quantitative estimate of drug-likeness (QED) is 0.601. The van der Waals surface area contributed by atoms with Gasteiger partial charge in [0.1, 0.15) is 0 Å². The molecule has 0 saturated carbocycles. The third-order valence-electron chi connectivity index (χ3n) is 2.29. The Bertz CT molecular complexity index is 140. The van der Waals surface area contributed by atoms with Crippen molar-refractivity contribution in [1.82, 2.24) is 5.32 Å². The van der Waals surface area contributed by atoms with E-state index >= 15 is 0 Å². The summed E-state index contributed by atoms with van der Waals surface area (Å²) in [5, 5.41) is 3.59. The predicted octanol–water partition coefficient (Wildman–Crippen LogP) is 2.48. The number of rotatable bonds is 2. The van der Waals surface area contributed by atoms with Crippen LogP contribution in [0.3, 0.4) is 0 Å². The Morgan fingerprint density at radius 3 is 2.82 bits per heavy atom. The van der Waals surface area contributed by atoms with Gasteiger partial charge in [0.05, 0.1) is 0 Å². The van der Waals surface area contributed by atoms with Crippen LogP contribution in [0.25, 0.3) is 0 Å². The number of hydrogen-bond donors (Lipinski definition) is 1. The van der Waals surface area contributed by atoms with Gasteiger partial charge >= 0.3 is 0 Å². The van der Waals surface area contributed by atoms with Crippen molar-refractivity contribution in [2.75, 3.05) is 0 Å². The van der Waals surface area contributed by atoms with Crippen molar-refractivity contribution in [3.63, 3.8) is 0 Å². The van der Waals surface area contributed by atoms with E-state index in [1.807, 2.05) is 0 Å². The van der Waals surface area contributed by atoms with E-state index in [9.17, 15) is 0 Å². The van der Waals surface area contributed by atoms with Gasteiger partial charge in [0.2, 0.25) is 0 Å². The first-order valence-electron chi connectivity index (χ1n) is 4.65. The molecule has 1 saturated heterocycles. The van der Waals surface area contributed by atoms with Crippen LogP contribution in [0, 0.1) is 0 Å². The summed E-state index contributed by atoms with van der Waals surface area (Å²) in [6.45, 7) is 8.54. The first-order valence-corrected chi connectivity index (χ1v) is 4.65. The lowest BCUT2D eigenvalue weighted by Gasteiger charge is -2.30. The Morgan fingerprint density at radius 1 is 1.55 bits per heavy atom. The van der Waals surface area contributed by atoms with Crippen LogP contribution in [0.5, 0.6) is 0 Å². The topological polar surface area (TPSA) is 12.0 Å². The van der Waals surface area contributed by atoms with Crippen LogP contribution in [0.2, 0.25) is 0 Å². The van der Waals surface area contributed by atoms with Crippen molar-refractivity contribution < 1.29 is 0 Å². The van der Waals surface area contributed by atoms with Crippen LogP contribution >= 0.6 is 0 Å². The smallest absolute Gasteiger partial charge is 0.0107 e. The van der Waals surface area contributed by atoms with Gasteiger partial charge < -0.3 is 5.32 Å². The molecule has 1 rings (SSSR count). The van der Waals surface area contributed by atoms with Crippen molar-refractivity contribution in [2.45, 2.75) is 51.6 Å². The Balaban J connectivity index is 2.36. The molecule has 0 radical (unpaired) electrons. The molecule has 2 atom stereocenters. The van der Waals surface area contributed by atoms with Crippen molar-refractivity contribution in [1.29, 1.82) is 0 Å². The van der Waals surface area contributed by atoms with E-state index in [0.717, 1.165) is 0 Å². The molecule has 0 aromatic carbocycles. The van der Waals surface area contributed by atoms with Crippen molar-refractivity contribution >= 4 is 0 Å². The third-order valence-corrected chi connectivity index (χ3v) is 2.29. The van der Waals surface area contributed by atoms with Gasteiger partial charge in [-0.05, 0) is 26.2 Å². The highest BCUT2D eigenvalue weighted by Gasteiger charge is 2.18. The van der Waals surface area contributed by atoms with E-state index in [0.29, 0.717) is 12.1 Å². The Labute approximate surface area is 69.9 Å². The molecule has 64 valence electrons. The lowest BCUT2D eigenvalue weighted by atomic mass is 9.93. The van der Waals surface area contributed by atoms with Crippen molar-refractivity contribution in [2.24, 2.45) is 0 Å². The highest BCUT2D eigenvalue weighted by molar-refractivity contribution is 5.04. The molecule has 1 nitrogen and oxygen atoms in total. The molecule has 1 aliphatic rings. The van der Waals surface area contributed by atoms with Crippen LogP contribution in [0.15, 0.2) is 12.2 Å². The molecule has 0 unspecified atom stereocenters. The zero-order valence-electron chi connectivity index (χ0n) is 7.69. The summed E-state index contributed by atoms with van der Waals surface area (Å²) in [5.74, 6) is 0. The second-order valence-corrected chi connectivity index (χ2v) is 3.71. The van der Waals surface area contributed by atoms with Crippen molar-refractivity contribution in [3.05, 3.63) is 12.2 Å². The van der Waals surface area contributed by atoms with Gasteiger partial charge in [-0.1, -0.05) is 25.5 Å². The van der Waals surface area contributed by atoms with E-state index in [1.54, 1.807) is 0 Å². The van der Waals surface area contributed by atoms with Crippen molar-refractivity contribution in [3.8, 4) is 0 Å². The molecule has 1 fully saturated rings. The first-order chi connectivity index (χ1) is 5.22. The molecule has 11 heavy (non-hydrogen) atoms. The summed E-state index contributed by atoms with van der Waals surface area (Å²) in [5.41, 5.74) is 1.43. The molecule has 1 aliphatic heterocycles. The summed E-state index contributed by atoms with van der Waals surface area (Å²) in [4.78, 5) is 0. The van der Waals surface area contributed by atoms with Gasteiger partial charge in [0.25, 0.3) is 0 Å². The van der Waals surface area contributed by atoms with Gasteiger partial charge in [-0.2, -0.15) is 0 Å². The summed E-state index contributed by atoms with van der Waals surface area (Å²) in [6.07, 6.45) is 4.93. The standard InChI is InChI=1S/C10H19N/c1-4-5-10-7-8(2)6-9(3)11-10/h9-11H,2,4-7H2,1,3H3/t9-,10-/m1/s1. The molecule has 1 heteroatoms. The molecular weight excluding hydrogens is 134 g/mol. The summed E-state index contributed by atoms with van der Waals surface area (Å²) < 4.78 is 0. The fraction of sp³-hybridized carbons (Fsp3) is 0.800. The Kier molecular flexibility index (Phi) is 3.13. The molecule has 0 aliphatic carbocycles. The van der Waals surface area contributed by atoms with E-state index in [2.05, 4.69) is 25.7 Å². The van der Waals surface area contributed by atoms with Gasteiger partial charge in [0, 0.05) is 12.1 Å². The summed E-state index contributed by atoms with van der Waals surface area (Å²) in [7, 11) is 0. The number of nitrogens with one attached hydrogen (secondary N) is 1. The fourth-order valence-electron chi connectivity index (χ4n) is 1.92. The average Bonchev–Trinajstić information content (AvgIpc) is 1.85. The minimum absolute atomic E-state index is 0.646. The molecule has 0 aromatic rings. The monoisotopic (exact) mass is 153 g/mol. The van der Waals surface area contributed by atoms with Gasteiger partial charge in [-0.3, -0.25) is 0 Å². The minimum Gasteiger partial charge on any atom is -0.311 e. The molecule has 0 bridgehead atoms. The SMILES string of the molecule is C=C1C[C@@H](CCC)N[C@H](C)C1. The molecule has 1 heterocycles. The largest absolute Gasteiger partial charge is 0.311 e. The lowest BCUT2D eigenvalue weighted by molar-refractivity contribution is 0.372. The highest BCUT2D eigenvalue weighted by atomic mass is 15.0. The van der Waals surface area contributed by atoms with Gasteiger partial charge in [0.15, 0.2) is 0 Å². The second kappa shape index (κ2) is 3.91. The predicted molar refractivity (Wildman–Crippen MR) is 49.7 cm³/mol. The zero-order chi connectivity index (χ0) is 8.27. The maximum Gasteiger partial charge on any atom is 0.0107 e. The maximum absolute atomic E-state index is 4.06. The van der Waals surface area contributed by atoms with Crippen LogP contribution in [0.1, 0.15) is 39.5 Å². The summed E-state index contributed by atoms with van der Waals surface area (Å²) >= 11 is 0. The van der Waals surface area contributed by atoms with Crippen LogP contribution in [0.4, 0.5) is 0 Å². The Morgan fingerprint density at radius 2 is 2.27 bits per heavy atom. The fourth-order valence-corrected chi connectivity index (χ4v) is 1.92. The van der Waals surface area contributed by atoms with E-state index < -0.39 is 0 Å². The minimum atomic E-state index is 0.646. The highest BCUT2D eigenvalue weighted by Crippen LogP contribution is 2.19. The van der Waals surface area contributed by atoms with E-state index in [1.165, 1.54) is 31.3 Å². The second-order valence-electron chi connectivity index (χ2n) is 3.71. The van der Waals surface area contributed by atoms with Gasteiger partial charge in [-0.15, -0.1) is 0 Å². The molecule has 1 N–H and O–H groups in total. The van der Waals surface area contributed by atoms with E-state index in [4.69, 9.17) is 0 Å². The van der Waals surface area contributed by atoms with E-state index in [-0.39, 0.29) is 0 Å². The summed E-state index contributed by atoms with van der Waals surface area (Å²) in [6, 6.07) is 1.35. The van der Waals surface area contributed by atoms with Crippen LogP contribution in [-0.2, 0) is 0 Å². The first kappa shape index (κ1) is 8.79. The molecule has 0 amide bonds. The molecular formula is C10H19N. The van der Waals surface area contributed by atoms with Crippen LogP contribution < -0.4 is 5.32 Å². The Hall–Kier alpha value is -0.300.